The van der Waals surface area contributed by atoms with E-state index in [1.807, 2.05) is 53.9 Å². The molecule has 0 radical (unpaired) electrons. The van der Waals surface area contributed by atoms with Crippen LogP contribution >= 0.6 is 11.3 Å². The minimum Gasteiger partial charge on any atom is -0.493 e. The first-order valence-electron chi connectivity index (χ1n) is 9.57. The molecular formula is C23H21N3O4S. The van der Waals surface area contributed by atoms with E-state index in [0.29, 0.717) is 29.3 Å². The van der Waals surface area contributed by atoms with E-state index >= 15 is 0 Å². The van der Waals surface area contributed by atoms with Crippen molar-refractivity contribution in [3.05, 3.63) is 83.1 Å². The number of carbonyl (C=O) groups excluding carboxylic acids is 1. The fraction of sp³-hybridized carbons (Fsp3) is 0.174. The molecule has 0 amide bonds. The number of para-hydroxylation sites is 1. The number of benzene rings is 2. The zero-order valence-electron chi connectivity index (χ0n) is 17.1. The van der Waals surface area contributed by atoms with Crippen LogP contribution in [0.3, 0.4) is 0 Å². The van der Waals surface area contributed by atoms with Gasteiger partial charge in [0.05, 0.1) is 43.8 Å². The number of aromatic nitrogens is 3. The van der Waals surface area contributed by atoms with E-state index in [0.717, 1.165) is 16.1 Å². The molecule has 2 heterocycles. The third-order valence-electron chi connectivity index (χ3n) is 4.59. The number of hydrogen-bond acceptors (Lipinski definition) is 7. The summed E-state index contributed by atoms with van der Waals surface area (Å²) >= 11 is 1.45. The lowest BCUT2D eigenvalue weighted by atomic mass is 10.2. The van der Waals surface area contributed by atoms with E-state index in [2.05, 4.69) is 10.1 Å². The van der Waals surface area contributed by atoms with Gasteiger partial charge in [0.25, 0.3) is 0 Å². The van der Waals surface area contributed by atoms with Crippen LogP contribution in [0.15, 0.2) is 66.3 Å². The van der Waals surface area contributed by atoms with E-state index in [9.17, 15) is 4.79 Å². The average Bonchev–Trinajstić information content (AvgIpc) is 3.47. The van der Waals surface area contributed by atoms with Gasteiger partial charge in [-0.15, -0.1) is 11.3 Å². The molecule has 0 N–H and O–H groups in total. The third kappa shape index (κ3) is 4.75. The number of esters is 1. The molecule has 31 heavy (non-hydrogen) atoms. The monoisotopic (exact) mass is 435 g/mol. The topological polar surface area (TPSA) is 75.5 Å². The van der Waals surface area contributed by atoms with Gasteiger partial charge in [0.15, 0.2) is 11.5 Å². The number of ether oxygens (including phenoxy) is 3. The van der Waals surface area contributed by atoms with Crippen molar-refractivity contribution < 1.29 is 19.0 Å². The third-order valence-corrected chi connectivity index (χ3v) is 5.52. The van der Waals surface area contributed by atoms with Crippen LogP contribution in [0.1, 0.15) is 21.6 Å². The standard InChI is InChI=1S/C23H21N3O4S/c1-28-20-10-6-9-19(21(20)29-2)22-25-18(15-31-22)14-30-23(27)17-11-24-26(13-17)12-16-7-4-3-5-8-16/h3-11,13,15H,12,14H2,1-2H3. The molecule has 8 heteroatoms. The van der Waals surface area contributed by atoms with Crippen molar-refractivity contribution in [1.82, 2.24) is 14.8 Å². The van der Waals surface area contributed by atoms with Gasteiger partial charge in [0, 0.05) is 11.6 Å². The average molecular weight is 436 g/mol. The lowest BCUT2D eigenvalue weighted by Crippen LogP contribution is -2.05. The predicted molar refractivity (Wildman–Crippen MR) is 118 cm³/mol. The van der Waals surface area contributed by atoms with E-state index in [1.54, 1.807) is 25.1 Å². The molecule has 0 bridgehead atoms. The normalized spacial score (nSPS) is 10.6. The second-order valence-electron chi connectivity index (χ2n) is 6.67. The quantitative estimate of drug-likeness (QED) is 0.381. The minimum absolute atomic E-state index is 0.0749. The summed E-state index contributed by atoms with van der Waals surface area (Å²) in [6.45, 7) is 0.664. The van der Waals surface area contributed by atoms with Crippen molar-refractivity contribution in [2.45, 2.75) is 13.2 Å². The van der Waals surface area contributed by atoms with Gasteiger partial charge in [0.1, 0.15) is 11.6 Å². The molecule has 2 aromatic heterocycles. The Morgan fingerprint density at radius 1 is 1.06 bits per heavy atom. The summed E-state index contributed by atoms with van der Waals surface area (Å²) in [6, 6.07) is 15.5. The first-order valence-corrected chi connectivity index (χ1v) is 10.4. The lowest BCUT2D eigenvalue weighted by Gasteiger charge is -2.10. The summed E-state index contributed by atoms with van der Waals surface area (Å²) in [5.41, 5.74) is 3.00. The van der Waals surface area contributed by atoms with Crippen LogP contribution in [0.4, 0.5) is 0 Å². The smallest absolute Gasteiger partial charge is 0.341 e. The molecular weight excluding hydrogens is 414 g/mol. The Morgan fingerprint density at radius 3 is 2.68 bits per heavy atom. The van der Waals surface area contributed by atoms with Crippen molar-refractivity contribution in [1.29, 1.82) is 0 Å². The van der Waals surface area contributed by atoms with Gasteiger partial charge >= 0.3 is 5.97 Å². The van der Waals surface area contributed by atoms with Crippen LogP contribution in [0.2, 0.25) is 0 Å². The number of carbonyl (C=O) groups is 1. The van der Waals surface area contributed by atoms with Crippen molar-refractivity contribution in [3.8, 4) is 22.1 Å². The molecule has 0 spiro atoms. The van der Waals surface area contributed by atoms with Crippen molar-refractivity contribution >= 4 is 17.3 Å². The van der Waals surface area contributed by atoms with E-state index in [-0.39, 0.29) is 6.61 Å². The molecule has 4 aromatic rings. The maximum atomic E-state index is 12.4. The van der Waals surface area contributed by atoms with Gasteiger partial charge in [-0.25, -0.2) is 9.78 Å². The highest BCUT2D eigenvalue weighted by Crippen LogP contribution is 2.39. The lowest BCUT2D eigenvalue weighted by molar-refractivity contribution is 0.0468. The summed E-state index contributed by atoms with van der Waals surface area (Å²) in [6.07, 6.45) is 3.20. The van der Waals surface area contributed by atoms with Gasteiger partial charge < -0.3 is 14.2 Å². The largest absolute Gasteiger partial charge is 0.493 e. The van der Waals surface area contributed by atoms with Gasteiger partial charge in [-0.05, 0) is 17.7 Å². The molecule has 0 aliphatic carbocycles. The molecule has 0 unspecified atom stereocenters. The molecule has 0 aliphatic heterocycles. The number of thiazole rings is 1. The van der Waals surface area contributed by atoms with Crippen LogP contribution in [-0.4, -0.2) is 35.0 Å². The second-order valence-corrected chi connectivity index (χ2v) is 7.53. The Hall–Kier alpha value is -3.65. The van der Waals surface area contributed by atoms with Crippen LogP contribution in [0.25, 0.3) is 10.6 Å². The van der Waals surface area contributed by atoms with E-state index < -0.39 is 5.97 Å². The predicted octanol–water partition coefficient (Wildman–Crippen LogP) is 4.43. The number of rotatable bonds is 8. The van der Waals surface area contributed by atoms with Crippen molar-refractivity contribution in [3.63, 3.8) is 0 Å². The van der Waals surface area contributed by atoms with Crippen LogP contribution in [-0.2, 0) is 17.9 Å². The summed E-state index contributed by atoms with van der Waals surface area (Å²) in [5, 5.41) is 6.87. The fourth-order valence-electron chi connectivity index (χ4n) is 3.10. The highest BCUT2D eigenvalue weighted by molar-refractivity contribution is 7.13. The second kappa shape index (κ2) is 9.44. The number of methoxy groups -OCH3 is 2. The molecule has 0 fully saturated rings. The van der Waals surface area contributed by atoms with Gasteiger partial charge in [-0.2, -0.15) is 5.10 Å². The van der Waals surface area contributed by atoms with Gasteiger partial charge in [-0.1, -0.05) is 36.4 Å². The van der Waals surface area contributed by atoms with Crippen molar-refractivity contribution in [2.24, 2.45) is 0 Å². The van der Waals surface area contributed by atoms with E-state index in [4.69, 9.17) is 14.2 Å². The molecule has 0 saturated heterocycles. The Kier molecular flexibility index (Phi) is 6.28. The highest BCUT2D eigenvalue weighted by atomic mass is 32.1. The molecule has 7 nitrogen and oxygen atoms in total. The molecule has 0 atom stereocenters. The minimum atomic E-state index is -0.437. The number of hydrogen-bond donors (Lipinski definition) is 0. The Morgan fingerprint density at radius 2 is 1.90 bits per heavy atom. The first kappa shape index (κ1) is 20.6. The highest BCUT2D eigenvalue weighted by Gasteiger charge is 2.16. The molecule has 2 aromatic carbocycles. The molecule has 0 saturated carbocycles. The molecule has 4 rings (SSSR count). The summed E-state index contributed by atoms with van der Waals surface area (Å²) in [5.74, 6) is 0.817. The Bertz CT molecular complexity index is 1170. The SMILES string of the molecule is COc1cccc(-c2nc(COC(=O)c3cnn(Cc4ccccc4)c3)cs2)c1OC. The first-order chi connectivity index (χ1) is 15.2. The Labute approximate surface area is 183 Å². The zero-order chi connectivity index (χ0) is 21.6. The van der Waals surface area contributed by atoms with Crippen LogP contribution in [0.5, 0.6) is 11.5 Å². The van der Waals surface area contributed by atoms with Gasteiger partial charge in [-0.3, -0.25) is 4.68 Å². The summed E-state index contributed by atoms with van der Waals surface area (Å²) in [4.78, 5) is 17.0. The number of nitrogens with zero attached hydrogens (tertiary/aromatic N) is 3. The van der Waals surface area contributed by atoms with Gasteiger partial charge in [0.2, 0.25) is 0 Å². The summed E-state index contributed by atoms with van der Waals surface area (Å²) < 4.78 is 18.0. The fourth-order valence-corrected chi connectivity index (χ4v) is 3.93. The van der Waals surface area contributed by atoms with E-state index in [1.165, 1.54) is 17.5 Å². The molecule has 0 aliphatic rings. The van der Waals surface area contributed by atoms with Crippen LogP contribution < -0.4 is 9.47 Å². The van der Waals surface area contributed by atoms with Crippen LogP contribution in [0, 0.1) is 0 Å². The zero-order valence-corrected chi connectivity index (χ0v) is 18.0. The maximum absolute atomic E-state index is 12.4. The molecule has 158 valence electrons. The maximum Gasteiger partial charge on any atom is 0.341 e. The van der Waals surface area contributed by atoms with Crippen molar-refractivity contribution in [2.75, 3.05) is 14.2 Å². The Balaban J connectivity index is 1.40. The summed E-state index contributed by atoms with van der Waals surface area (Å²) in [7, 11) is 3.19.